The van der Waals surface area contributed by atoms with E-state index in [-0.39, 0.29) is 0 Å². The van der Waals surface area contributed by atoms with Crippen LogP contribution in [0.1, 0.15) is 51.9 Å². The molecule has 0 amide bonds. The molecule has 2 nitrogen and oxygen atoms in total. The summed E-state index contributed by atoms with van der Waals surface area (Å²) in [5.41, 5.74) is 0. The van der Waals surface area contributed by atoms with Crippen molar-refractivity contribution in [2.75, 3.05) is 19.6 Å². The number of nitrogens with one attached hydrogen (secondary N) is 1. The van der Waals surface area contributed by atoms with E-state index in [4.69, 9.17) is 0 Å². The second kappa shape index (κ2) is 5.04. The van der Waals surface area contributed by atoms with E-state index in [9.17, 15) is 0 Å². The standard InChI is InChI=1S/C17H30N2/c1-12(19-4-2-3-5-19)11-18-17-15-7-13-6-14(9-15)10-16(17)8-13/h12-18H,2-11H2,1H3. The lowest BCUT2D eigenvalue weighted by Gasteiger charge is -2.55. The maximum Gasteiger partial charge on any atom is 0.0192 e. The van der Waals surface area contributed by atoms with Crippen LogP contribution in [0.2, 0.25) is 0 Å². The molecule has 0 aromatic heterocycles. The van der Waals surface area contributed by atoms with E-state index in [1.807, 2.05) is 0 Å². The lowest BCUT2D eigenvalue weighted by atomic mass is 9.54. The first-order valence-corrected chi connectivity index (χ1v) is 8.77. The van der Waals surface area contributed by atoms with Gasteiger partial charge in [0.15, 0.2) is 0 Å². The molecule has 5 rings (SSSR count). The molecular formula is C17H30N2. The van der Waals surface area contributed by atoms with Crippen LogP contribution in [0.3, 0.4) is 0 Å². The van der Waals surface area contributed by atoms with Gasteiger partial charge in [-0.05, 0) is 88.6 Å². The number of likely N-dealkylation sites (tertiary alicyclic amines) is 1. The Morgan fingerprint density at radius 2 is 1.53 bits per heavy atom. The molecule has 1 N–H and O–H groups in total. The zero-order valence-electron chi connectivity index (χ0n) is 12.5. The summed E-state index contributed by atoms with van der Waals surface area (Å²) < 4.78 is 0. The molecule has 19 heavy (non-hydrogen) atoms. The van der Waals surface area contributed by atoms with Gasteiger partial charge in [0.2, 0.25) is 0 Å². The smallest absolute Gasteiger partial charge is 0.0192 e. The molecule has 0 aromatic rings. The van der Waals surface area contributed by atoms with Crippen LogP contribution in [0, 0.1) is 23.7 Å². The van der Waals surface area contributed by atoms with Gasteiger partial charge in [-0.1, -0.05) is 0 Å². The third kappa shape index (κ3) is 2.35. The molecule has 4 aliphatic carbocycles. The van der Waals surface area contributed by atoms with Crippen molar-refractivity contribution in [3.63, 3.8) is 0 Å². The van der Waals surface area contributed by atoms with Gasteiger partial charge >= 0.3 is 0 Å². The molecule has 1 unspecified atom stereocenters. The number of rotatable bonds is 4. The summed E-state index contributed by atoms with van der Waals surface area (Å²) in [4.78, 5) is 2.68. The minimum Gasteiger partial charge on any atom is -0.312 e. The van der Waals surface area contributed by atoms with Crippen molar-refractivity contribution in [2.24, 2.45) is 23.7 Å². The summed E-state index contributed by atoms with van der Waals surface area (Å²) in [5.74, 6) is 4.28. The summed E-state index contributed by atoms with van der Waals surface area (Å²) in [6.07, 6.45) is 10.6. The van der Waals surface area contributed by atoms with Gasteiger partial charge < -0.3 is 5.32 Å². The van der Waals surface area contributed by atoms with Gasteiger partial charge in [-0.25, -0.2) is 0 Å². The van der Waals surface area contributed by atoms with Crippen LogP contribution in [0.25, 0.3) is 0 Å². The number of hydrogen-bond acceptors (Lipinski definition) is 2. The molecule has 1 heterocycles. The molecule has 5 aliphatic rings. The first-order valence-electron chi connectivity index (χ1n) is 8.77. The van der Waals surface area contributed by atoms with Crippen LogP contribution in [0.5, 0.6) is 0 Å². The number of nitrogens with zero attached hydrogens (tertiary/aromatic N) is 1. The van der Waals surface area contributed by atoms with E-state index in [0.29, 0.717) is 0 Å². The molecule has 0 radical (unpaired) electrons. The van der Waals surface area contributed by atoms with Crippen LogP contribution in [0.15, 0.2) is 0 Å². The van der Waals surface area contributed by atoms with Gasteiger partial charge in [0.1, 0.15) is 0 Å². The van der Waals surface area contributed by atoms with Gasteiger partial charge in [0.05, 0.1) is 0 Å². The van der Waals surface area contributed by atoms with Crippen LogP contribution in [-0.4, -0.2) is 36.6 Å². The Bertz CT molecular complexity index is 293. The van der Waals surface area contributed by atoms with Crippen molar-refractivity contribution >= 4 is 0 Å². The fraction of sp³-hybridized carbons (Fsp3) is 1.00. The third-order valence-electron chi connectivity index (χ3n) is 6.64. The van der Waals surface area contributed by atoms with Crippen molar-refractivity contribution in [2.45, 2.75) is 64.0 Å². The predicted molar refractivity (Wildman–Crippen MR) is 79.1 cm³/mol. The van der Waals surface area contributed by atoms with Gasteiger partial charge in [-0.15, -0.1) is 0 Å². The second-order valence-corrected chi connectivity index (χ2v) is 7.96. The highest BCUT2D eigenvalue weighted by Crippen LogP contribution is 2.53. The minimum atomic E-state index is 0.750. The van der Waals surface area contributed by atoms with Gasteiger partial charge in [0, 0.05) is 18.6 Å². The summed E-state index contributed by atoms with van der Waals surface area (Å²) in [7, 11) is 0. The van der Waals surface area contributed by atoms with Crippen LogP contribution in [-0.2, 0) is 0 Å². The Morgan fingerprint density at radius 1 is 0.947 bits per heavy atom. The van der Waals surface area contributed by atoms with E-state index < -0.39 is 0 Å². The monoisotopic (exact) mass is 262 g/mol. The van der Waals surface area contributed by atoms with E-state index in [0.717, 1.165) is 35.8 Å². The molecule has 1 saturated heterocycles. The predicted octanol–water partition coefficient (Wildman–Crippen LogP) is 2.89. The zero-order chi connectivity index (χ0) is 12.8. The van der Waals surface area contributed by atoms with Gasteiger partial charge in [-0.3, -0.25) is 4.90 Å². The molecule has 1 atom stereocenters. The minimum absolute atomic E-state index is 0.750. The van der Waals surface area contributed by atoms with E-state index in [1.165, 1.54) is 32.5 Å². The van der Waals surface area contributed by atoms with Crippen molar-refractivity contribution < 1.29 is 0 Å². The summed E-state index contributed by atoms with van der Waals surface area (Å²) in [6, 6.07) is 1.62. The normalized spacial score (nSPS) is 46.9. The fourth-order valence-electron chi connectivity index (χ4n) is 5.88. The second-order valence-electron chi connectivity index (χ2n) is 7.96. The Kier molecular flexibility index (Phi) is 3.35. The first-order chi connectivity index (χ1) is 9.29. The average molecular weight is 262 g/mol. The largest absolute Gasteiger partial charge is 0.312 e. The SMILES string of the molecule is CC(CNC1C2CC3CC(C2)CC1C3)N1CCCC1. The highest BCUT2D eigenvalue weighted by molar-refractivity contribution is 5.01. The Balaban J connectivity index is 1.33. The van der Waals surface area contributed by atoms with Gasteiger partial charge in [0.25, 0.3) is 0 Å². The summed E-state index contributed by atoms with van der Waals surface area (Å²) >= 11 is 0. The third-order valence-corrected chi connectivity index (χ3v) is 6.64. The lowest BCUT2D eigenvalue weighted by molar-refractivity contribution is -0.0153. The molecule has 4 saturated carbocycles. The molecule has 0 spiro atoms. The Hall–Kier alpha value is -0.0800. The topological polar surface area (TPSA) is 15.3 Å². The molecule has 4 bridgehead atoms. The Labute approximate surface area is 118 Å². The summed E-state index contributed by atoms with van der Waals surface area (Å²) in [6.45, 7) is 6.33. The highest BCUT2D eigenvalue weighted by atomic mass is 15.2. The maximum absolute atomic E-state index is 4.00. The van der Waals surface area contributed by atoms with E-state index >= 15 is 0 Å². The van der Waals surface area contributed by atoms with Gasteiger partial charge in [-0.2, -0.15) is 0 Å². The van der Waals surface area contributed by atoms with Crippen molar-refractivity contribution in [1.82, 2.24) is 10.2 Å². The van der Waals surface area contributed by atoms with E-state index in [2.05, 4.69) is 17.1 Å². The van der Waals surface area contributed by atoms with Crippen molar-refractivity contribution in [3.05, 3.63) is 0 Å². The first kappa shape index (κ1) is 12.6. The van der Waals surface area contributed by atoms with E-state index in [1.54, 1.807) is 32.1 Å². The van der Waals surface area contributed by atoms with Crippen molar-refractivity contribution in [1.29, 1.82) is 0 Å². The highest BCUT2D eigenvalue weighted by Gasteiger charge is 2.47. The van der Waals surface area contributed by atoms with Crippen LogP contribution < -0.4 is 5.32 Å². The molecule has 2 heteroatoms. The van der Waals surface area contributed by atoms with Crippen molar-refractivity contribution in [3.8, 4) is 0 Å². The molecule has 5 fully saturated rings. The molecule has 0 aromatic carbocycles. The zero-order valence-corrected chi connectivity index (χ0v) is 12.5. The lowest BCUT2D eigenvalue weighted by Crippen LogP contribution is -2.56. The molecular weight excluding hydrogens is 232 g/mol. The maximum atomic E-state index is 4.00. The van der Waals surface area contributed by atoms with Crippen LogP contribution >= 0.6 is 0 Å². The molecule has 1 aliphatic heterocycles. The summed E-state index contributed by atoms with van der Waals surface area (Å²) in [5, 5.41) is 4.00. The average Bonchev–Trinajstić information content (AvgIpc) is 2.90. The quantitative estimate of drug-likeness (QED) is 0.838. The van der Waals surface area contributed by atoms with Crippen LogP contribution in [0.4, 0.5) is 0 Å². The number of hydrogen-bond donors (Lipinski definition) is 1. The Morgan fingerprint density at radius 3 is 2.11 bits per heavy atom. The molecule has 108 valence electrons. The fourth-order valence-corrected chi connectivity index (χ4v) is 5.88.